The number of benzene rings is 1. The third-order valence-electron chi connectivity index (χ3n) is 3.93. The fourth-order valence-electron chi connectivity index (χ4n) is 2.75. The fourth-order valence-corrected chi connectivity index (χ4v) is 2.75. The maximum Gasteiger partial charge on any atom is 0.322 e. The van der Waals surface area contributed by atoms with Crippen LogP contribution in [0.2, 0.25) is 0 Å². The Hall–Kier alpha value is -1.59. The second kappa shape index (κ2) is 6.91. The van der Waals surface area contributed by atoms with E-state index in [1.807, 2.05) is 29.2 Å². The van der Waals surface area contributed by atoms with E-state index in [4.69, 9.17) is 0 Å². The van der Waals surface area contributed by atoms with Gasteiger partial charge in [0, 0.05) is 24.8 Å². The molecule has 1 fully saturated rings. The van der Waals surface area contributed by atoms with Crippen molar-refractivity contribution >= 4 is 11.7 Å². The molecule has 116 valence electrons. The van der Waals surface area contributed by atoms with Gasteiger partial charge in [0.2, 0.25) is 0 Å². The van der Waals surface area contributed by atoms with E-state index < -0.39 is 6.10 Å². The van der Waals surface area contributed by atoms with Gasteiger partial charge in [-0.1, -0.05) is 12.1 Å². The van der Waals surface area contributed by atoms with Crippen LogP contribution in [0.4, 0.5) is 10.5 Å². The van der Waals surface area contributed by atoms with Gasteiger partial charge in [0.15, 0.2) is 0 Å². The SMILES string of the molecule is CC(O)c1cccc(NC(=O)N2CCCN(C)CC2C)c1. The first kappa shape index (κ1) is 15.8. The molecule has 0 aromatic heterocycles. The normalized spacial score (nSPS) is 21.7. The zero-order valence-electron chi connectivity index (χ0n) is 13.0. The van der Waals surface area contributed by atoms with Crippen LogP contribution in [0, 0.1) is 0 Å². The van der Waals surface area contributed by atoms with Gasteiger partial charge < -0.3 is 20.2 Å². The van der Waals surface area contributed by atoms with Gasteiger partial charge in [-0.25, -0.2) is 4.79 Å². The number of nitrogens with one attached hydrogen (secondary N) is 1. The van der Waals surface area contributed by atoms with E-state index in [0.717, 1.165) is 37.3 Å². The summed E-state index contributed by atoms with van der Waals surface area (Å²) in [5, 5.41) is 12.5. The largest absolute Gasteiger partial charge is 0.389 e. The van der Waals surface area contributed by atoms with Crippen molar-refractivity contribution in [2.75, 3.05) is 32.0 Å². The zero-order valence-corrected chi connectivity index (χ0v) is 13.0. The van der Waals surface area contributed by atoms with Gasteiger partial charge in [-0.15, -0.1) is 0 Å². The number of hydrogen-bond acceptors (Lipinski definition) is 3. The molecule has 0 bridgehead atoms. The first-order chi connectivity index (χ1) is 9.97. The van der Waals surface area contributed by atoms with E-state index in [2.05, 4.69) is 24.2 Å². The Kier molecular flexibility index (Phi) is 5.20. The molecule has 0 saturated carbocycles. The van der Waals surface area contributed by atoms with E-state index in [1.54, 1.807) is 6.92 Å². The molecule has 1 aliphatic heterocycles. The number of amides is 2. The molecular weight excluding hydrogens is 266 g/mol. The second-order valence-electron chi connectivity index (χ2n) is 5.89. The molecule has 0 radical (unpaired) electrons. The van der Waals surface area contributed by atoms with E-state index in [0.29, 0.717) is 0 Å². The summed E-state index contributed by atoms with van der Waals surface area (Å²) >= 11 is 0. The van der Waals surface area contributed by atoms with Gasteiger partial charge in [0.25, 0.3) is 0 Å². The Bertz CT molecular complexity index is 490. The summed E-state index contributed by atoms with van der Waals surface area (Å²) in [6, 6.07) is 7.48. The number of hydrogen-bond donors (Lipinski definition) is 2. The topological polar surface area (TPSA) is 55.8 Å². The average Bonchev–Trinajstić information content (AvgIpc) is 2.59. The van der Waals surface area contributed by atoms with Crippen LogP contribution in [0.1, 0.15) is 31.9 Å². The summed E-state index contributed by atoms with van der Waals surface area (Å²) in [5.41, 5.74) is 1.53. The summed E-state index contributed by atoms with van der Waals surface area (Å²) < 4.78 is 0. The standard InChI is InChI=1S/C16H25N3O2/c1-12-11-18(3)8-5-9-19(12)16(21)17-15-7-4-6-14(10-15)13(2)20/h4,6-7,10,12-13,20H,5,8-9,11H2,1-3H3,(H,17,21). The monoisotopic (exact) mass is 291 g/mol. The Morgan fingerprint density at radius 2 is 2.19 bits per heavy atom. The van der Waals surface area contributed by atoms with Crippen molar-refractivity contribution in [3.8, 4) is 0 Å². The lowest BCUT2D eigenvalue weighted by Gasteiger charge is -2.28. The predicted molar refractivity (Wildman–Crippen MR) is 84.4 cm³/mol. The maximum atomic E-state index is 12.5. The van der Waals surface area contributed by atoms with Crippen molar-refractivity contribution in [1.82, 2.24) is 9.80 Å². The van der Waals surface area contributed by atoms with Gasteiger partial charge in [0.1, 0.15) is 0 Å². The van der Waals surface area contributed by atoms with Crippen molar-refractivity contribution < 1.29 is 9.90 Å². The summed E-state index contributed by atoms with van der Waals surface area (Å²) in [6.07, 6.45) is 0.453. The Morgan fingerprint density at radius 3 is 2.90 bits per heavy atom. The summed E-state index contributed by atoms with van der Waals surface area (Å²) in [4.78, 5) is 16.6. The number of aliphatic hydroxyl groups is 1. The second-order valence-corrected chi connectivity index (χ2v) is 5.89. The quantitative estimate of drug-likeness (QED) is 0.879. The highest BCUT2D eigenvalue weighted by atomic mass is 16.3. The molecular formula is C16H25N3O2. The number of aliphatic hydroxyl groups excluding tert-OH is 1. The van der Waals surface area contributed by atoms with E-state index in [9.17, 15) is 9.90 Å². The molecule has 2 unspecified atom stereocenters. The van der Waals surface area contributed by atoms with Gasteiger partial charge in [-0.3, -0.25) is 0 Å². The first-order valence-electron chi connectivity index (χ1n) is 7.51. The van der Waals surface area contributed by atoms with Crippen LogP contribution in [0.15, 0.2) is 24.3 Å². The van der Waals surface area contributed by atoms with Crippen LogP contribution in [0.5, 0.6) is 0 Å². The van der Waals surface area contributed by atoms with Crippen molar-refractivity contribution in [1.29, 1.82) is 0 Å². The number of carbonyl (C=O) groups excluding carboxylic acids is 1. The zero-order chi connectivity index (χ0) is 15.4. The van der Waals surface area contributed by atoms with Crippen LogP contribution in [-0.4, -0.2) is 53.7 Å². The minimum absolute atomic E-state index is 0.0689. The molecule has 5 nitrogen and oxygen atoms in total. The van der Waals surface area contributed by atoms with Crippen molar-refractivity contribution in [2.24, 2.45) is 0 Å². The number of likely N-dealkylation sites (N-methyl/N-ethyl adjacent to an activating group) is 1. The van der Waals surface area contributed by atoms with Crippen LogP contribution < -0.4 is 5.32 Å². The van der Waals surface area contributed by atoms with Crippen LogP contribution in [0.3, 0.4) is 0 Å². The molecule has 2 rings (SSSR count). The minimum atomic E-state index is -0.535. The van der Waals surface area contributed by atoms with Gasteiger partial charge in [-0.05, 0) is 51.6 Å². The molecule has 1 saturated heterocycles. The number of anilines is 1. The van der Waals surface area contributed by atoms with E-state index >= 15 is 0 Å². The van der Waals surface area contributed by atoms with Crippen LogP contribution in [0.25, 0.3) is 0 Å². The molecule has 2 amide bonds. The fraction of sp³-hybridized carbons (Fsp3) is 0.562. The summed E-state index contributed by atoms with van der Waals surface area (Å²) in [7, 11) is 2.09. The number of rotatable bonds is 2. The third kappa shape index (κ3) is 4.19. The Labute approximate surface area is 126 Å². The predicted octanol–water partition coefficient (Wildman–Crippen LogP) is 2.30. The van der Waals surface area contributed by atoms with Gasteiger partial charge >= 0.3 is 6.03 Å². The molecule has 2 N–H and O–H groups in total. The molecule has 0 aliphatic carbocycles. The smallest absolute Gasteiger partial charge is 0.322 e. The molecule has 0 spiro atoms. The van der Waals surface area contributed by atoms with Crippen molar-refractivity contribution in [3.63, 3.8) is 0 Å². The Morgan fingerprint density at radius 1 is 1.43 bits per heavy atom. The van der Waals surface area contributed by atoms with E-state index in [1.165, 1.54) is 0 Å². The lowest BCUT2D eigenvalue weighted by Crippen LogP contribution is -2.44. The Balaban J connectivity index is 2.05. The highest BCUT2D eigenvalue weighted by molar-refractivity contribution is 5.89. The average molecular weight is 291 g/mol. The summed E-state index contributed by atoms with van der Waals surface area (Å²) in [6.45, 7) is 6.47. The van der Waals surface area contributed by atoms with Crippen molar-refractivity contribution in [3.05, 3.63) is 29.8 Å². The molecule has 1 aromatic carbocycles. The molecule has 21 heavy (non-hydrogen) atoms. The lowest BCUT2D eigenvalue weighted by molar-refractivity contribution is 0.190. The maximum absolute atomic E-state index is 12.5. The molecule has 2 atom stereocenters. The van der Waals surface area contributed by atoms with E-state index in [-0.39, 0.29) is 12.1 Å². The molecule has 5 heteroatoms. The highest BCUT2D eigenvalue weighted by Crippen LogP contribution is 2.18. The highest BCUT2D eigenvalue weighted by Gasteiger charge is 2.24. The van der Waals surface area contributed by atoms with Crippen molar-refractivity contribution in [2.45, 2.75) is 32.4 Å². The lowest BCUT2D eigenvalue weighted by atomic mass is 10.1. The molecule has 1 heterocycles. The molecule has 1 aliphatic rings. The summed E-state index contributed by atoms with van der Waals surface area (Å²) in [5.74, 6) is 0. The van der Waals surface area contributed by atoms with Crippen LogP contribution >= 0.6 is 0 Å². The van der Waals surface area contributed by atoms with Gasteiger partial charge in [-0.2, -0.15) is 0 Å². The molecule has 1 aromatic rings. The first-order valence-corrected chi connectivity index (χ1v) is 7.51. The minimum Gasteiger partial charge on any atom is -0.389 e. The number of nitrogens with zero attached hydrogens (tertiary/aromatic N) is 2. The number of carbonyl (C=O) groups is 1. The number of urea groups is 1. The van der Waals surface area contributed by atoms with Crippen LogP contribution in [-0.2, 0) is 0 Å². The van der Waals surface area contributed by atoms with Gasteiger partial charge in [0.05, 0.1) is 6.10 Å². The third-order valence-corrected chi connectivity index (χ3v) is 3.93.